The van der Waals surface area contributed by atoms with E-state index in [9.17, 15) is 0 Å². The molecule has 0 radical (unpaired) electrons. The van der Waals surface area contributed by atoms with E-state index in [2.05, 4.69) is 187 Å². The Kier molecular flexibility index (Phi) is 6.53. The summed E-state index contributed by atoms with van der Waals surface area (Å²) in [5.41, 5.74) is 9.72. The Morgan fingerprint density at radius 2 is 0.940 bits per heavy atom. The molecule has 0 fully saturated rings. The molecular weight excluding hydrogens is 607 g/mol. The highest BCUT2D eigenvalue weighted by Gasteiger charge is 2.19. The van der Waals surface area contributed by atoms with Crippen LogP contribution < -0.4 is 4.90 Å². The van der Waals surface area contributed by atoms with Crippen molar-refractivity contribution in [3.8, 4) is 22.3 Å². The van der Waals surface area contributed by atoms with Crippen LogP contribution in [0.15, 0.2) is 192 Å². The fourth-order valence-corrected chi connectivity index (χ4v) is 7.66. The van der Waals surface area contributed by atoms with Crippen molar-refractivity contribution in [3.05, 3.63) is 188 Å². The van der Waals surface area contributed by atoms with Gasteiger partial charge >= 0.3 is 0 Å². The van der Waals surface area contributed by atoms with Gasteiger partial charge in [-0.2, -0.15) is 0 Å². The standard InChI is InChI=1S/C48H31NO/c1-2-11-33(12-3-1)42-30-29-41(47-43-18-8-9-20-46(43)50-48(42)47)35-23-26-37(27-24-35)49(45-19-10-15-32-13-5-7-17-40(32)45)38-28-25-36-22-21-34-14-4-6-16-39(34)44(36)31-38/h1-31H. The van der Waals surface area contributed by atoms with E-state index in [0.29, 0.717) is 0 Å². The van der Waals surface area contributed by atoms with E-state index in [1.807, 2.05) is 6.07 Å². The average molecular weight is 638 g/mol. The molecule has 10 rings (SSSR count). The minimum Gasteiger partial charge on any atom is -0.455 e. The molecule has 234 valence electrons. The fourth-order valence-electron chi connectivity index (χ4n) is 7.66. The SMILES string of the molecule is c1ccc(-c2ccc(-c3ccc(N(c4ccc5ccc6ccccc6c5c4)c4cccc5ccccc45)cc3)c3c2oc2ccccc23)cc1. The van der Waals surface area contributed by atoms with Crippen LogP contribution in [0.25, 0.3) is 76.5 Å². The second-order valence-corrected chi connectivity index (χ2v) is 12.9. The summed E-state index contributed by atoms with van der Waals surface area (Å²) >= 11 is 0. The normalized spacial score (nSPS) is 11.6. The molecule has 2 heteroatoms. The Bertz CT molecular complexity index is 2860. The molecule has 1 heterocycles. The van der Waals surface area contributed by atoms with Gasteiger partial charge in [0, 0.05) is 33.1 Å². The average Bonchev–Trinajstić information content (AvgIpc) is 3.58. The van der Waals surface area contributed by atoms with Crippen molar-refractivity contribution in [1.82, 2.24) is 0 Å². The van der Waals surface area contributed by atoms with E-state index in [0.717, 1.165) is 61.3 Å². The van der Waals surface area contributed by atoms with E-state index in [-0.39, 0.29) is 0 Å². The molecule has 0 amide bonds. The van der Waals surface area contributed by atoms with Crippen LogP contribution in [0, 0.1) is 0 Å². The maximum Gasteiger partial charge on any atom is 0.143 e. The van der Waals surface area contributed by atoms with Gasteiger partial charge < -0.3 is 9.32 Å². The Balaban J connectivity index is 1.16. The number of hydrogen-bond donors (Lipinski definition) is 0. The summed E-state index contributed by atoms with van der Waals surface area (Å²) in [5.74, 6) is 0. The first kappa shape index (κ1) is 28.4. The van der Waals surface area contributed by atoms with Gasteiger partial charge in [-0.15, -0.1) is 0 Å². The molecule has 0 spiro atoms. The molecule has 50 heavy (non-hydrogen) atoms. The largest absolute Gasteiger partial charge is 0.455 e. The van der Waals surface area contributed by atoms with Crippen molar-refractivity contribution in [3.63, 3.8) is 0 Å². The van der Waals surface area contributed by atoms with Crippen LogP contribution in [0.4, 0.5) is 17.1 Å². The number of anilines is 3. The molecule has 0 atom stereocenters. The quantitative estimate of drug-likeness (QED) is 0.175. The maximum atomic E-state index is 6.58. The zero-order valence-corrected chi connectivity index (χ0v) is 27.3. The van der Waals surface area contributed by atoms with Crippen LogP contribution in [0.3, 0.4) is 0 Å². The maximum absolute atomic E-state index is 6.58. The molecule has 2 nitrogen and oxygen atoms in total. The van der Waals surface area contributed by atoms with Crippen molar-refractivity contribution >= 4 is 71.3 Å². The lowest BCUT2D eigenvalue weighted by molar-refractivity contribution is 0.670. The van der Waals surface area contributed by atoms with E-state index in [1.165, 1.54) is 32.3 Å². The molecule has 10 aromatic rings. The van der Waals surface area contributed by atoms with Crippen molar-refractivity contribution in [1.29, 1.82) is 0 Å². The first-order valence-electron chi connectivity index (χ1n) is 17.1. The minimum atomic E-state index is 0.898. The van der Waals surface area contributed by atoms with Gasteiger partial charge in [0.15, 0.2) is 0 Å². The lowest BCUT2D eigenvalue weighted by Crippen LogP contribution is -2.10. The van der Waals surface area contributed by atoms with E-state index >= 15 is 0 Å². The molecule has 0 saturated heterocycles. The van der Waals surface area contributed by atoms with Gasteiger partial charge in [0.2, 0.25) is 0 Å². The third-order valence-corrected chi connectivity index (χ3v) is 10.0. The number of fused-ring (bicyclic) bond motifs is 7. The predicted octanol–water partition coefficient (Wildman–Crippen LogP) is 13.8. The summed E-state index contributed by atoms with van der Waals surface area (Å²) in [7, 11) is 0. The van der Waals surface area contributed by atoms with Crippen LogP contribution in [0.1, 0.15) is 0 Å². The van der Waals surface area contributed by atoms with Crippen molar-refractivity contribution in [2.24, 2.45) is 0 Å². The number of furan rings is 1. The molecular formula is C48H31NO. The van der Waals surface area contributed by atoms with Crippen LogP contribution in [-0.4, -0.2) is 0 Å². The second kappa shape index (κ2) is 11.5. The van der Waals surface area contributed by atoms with Gasteiger partial charge in [-0.3, -0.25) is 0 Å². The topological polar surface area (TPSA) is 16.4 Å². The minimum absolute atomic E-state index is 0.898. The summed E-state index contributed by atoms with van der Waals surface area (Å²) in [6.45, 7) is 0. The second-order valence-electron chi connectivity index (χ2n) is 12.9. The first-order valence-corrected chi connectivity index (χ1v) is 17.1. The van der Waals surface area contributed by atoms with Gasteiger partial charge in [0.1, 0.15) is 11.2 Å². The van der Waals surface area contributed by atoms with Crippen molar-refractivity contribution < 1.29 is 4.42 Å². The third-order valence-electron chi connectivity index (χ3n) is 10.0. The zero-order valence-electron chi connectivity index (χ0n) is 27.3. The molecule has 0 aliphatic carbocycles. The number of benzene rings is 9. The molecule has 0 saturated carbocycles. The fraction of sp³-hybridized carbons (Fsp3) is 0. The summed E-state index contributed by atoms with van der Waals surface area (Å²) < 4.78 is 6.58. The molecule has 0 N–H and O–H groups in total. The van der Waals surface area contributed by atoms with Gasteiger partial charge in [0.05, 0.1) is 5.69 Å². The highest BCUT2D eigenvalue weighted by atomic mass is 16.3. The number of para-hydroxylation sites is 1. The molecule has 0 aliphatic heterocycles. The Morgan fingerprint density at radius 3 is 1.76 bits per heavy atom. The molecule has 0 aliphatic rings. The van der Waals surface area contributed by atoms with Crippen molar-refractivity contribution in [2.45, 2.75) is 0 Å². The first-order chi connectivity index (χ1) is 24.8. The van der Waals surface area contributed by atoms with Crippen LogP contribution in [-0.2, 0) is 0 Å². The number of nitrogens with zero attached hydrogens (tertiary/aromatic N) is 1. The van der Waals surface area contributed by atoms with Crippen LogP contribution in [0.2, 0.25) is 0 Å². The summed E-state index contributed by atoms with van der Waals surface area (Å²) in [6.07, 6.45) is 0. The van der Waals surface area contributed by atoms with Crippen LogP contribution >= 0.6 is 0 Å². The predicted molar refractivity (Wildman–Crippen MR) is 212 cm³/mol. The summed E-state index contributed by atoms with van der Waals surface area (Å²) in [6, 6.07) is 67.5. The highest BCUT2D eigenvalue weighted by molar-refractivity contribution is 6.16. The lowest BCUT2D eigenvalue weighted by atomic mass is 9.94. The Morgan fingerprint density at radius 1 is 0.360 bits per heavy atom. The van der Waals surface area contributed by atoms with Gasteiger partial charge in [-0.25, -0.2) is 0 Å². The highest BCUT2D eigenvalue weighted by Crippen LogP contribution is 2.44. The monoisotopic (exact) mass is 637 g/mol. The third kappa shape index (κ3) is 4.57. The summed E-state index contributed by atoms with van der Waals surface area (Å²) in [5, 5.41) is 9.67. The smallest absolute Gasteiger partial charge is 0.143 e. The lowest BCUT2D eigenvalue weighted by Gasteiger charge is -2.27. The van der Waals surface area contributed by atoms with E-state index < -0.39 is 0 Å². The molecule has 1 aromatic heterocycles. The molecule has 0 bridgehead atoms. The van der Waals surface area contributed by atoms with Gasteiger partial charge in [-0.05, 0) is 86.1 Å². The van der Waals surface area contributed by atoms with E-state index in [4.69, 9.17) is 4.42 Å². The Labute approximate surface area is 290 Å². The van der Waals surface area contributed by atoms with Gasteiger partial charge in [0.25, 0.3) is 0 Å². The van der Waals surface area contributed by atoms with Gasteiger partial charge in [-0.1, -0.05) is 146 Å². The number of rotatable bonds is 5. The van der Waals surface area contributed by atoms with E-state index in [1.54, 1.807) is 0 Å². The van der Waals surface area contributed by atoms with Crippen molar-refractivity contribution in [2.75, 3.05) is 4.90 Å². The number of hydrogen-bond acceptors (Lipinski definition) is 2. The molecule has 0 unspecified atom stereocenters. The van der Waals surface area contributed by atoms with Crippen LogP contribution in [0.5, 0.6) is 0 Å². The Hall–Kier alpha value is -6.64. The molecule has 9 aromatic carbocycles. The summed E-state index contributed by atoms with van der Waals surface area (Å²) in [4.78, 5) is 2.40. The zero-order chi connectivity index (χ0) is 33.0.